The van der Waals surface area contributed by atoms with Crippen molar-refractivity contribution in [1.82, 2.24) is 0 Å². The third-order valence-corrected chi connectivity index (χ3v) is 1.51. The predicted octanol–water partition coefficient (Wildman–Crippen LogP) is 2.98. The second kappa shape index (κ2) is 4.26. The summed E-state index contributed by atoms with van der Waals surface area (Å²) in [5, 5.41) is 0.346. The number of halogens is 3. The Hall–Kier alpha value is -0.830. The van der Waals surface area contributed by atoms with Crippen LogP contribution in [0.15, 0.2) is 24.3 Å². The van der Waals surface area contributed by atoms with Gasteiger partial charge in [-0.05, 0) is 12.1 Å². The molecule has 0 amide bonds. The van der Waals surface area contributed by atoms with Crippen molar-refractivity contribution >= 4 is 11.6 Å². The average molecular weight is 193 g/mol. The van der Waals surface area contributed by atoms with Crippen molar-refractivity contribution < 1.29 is 13.5 Å². The van der Waals surface area contributed by atoms with Crippen LogP contribution >= 0.6 is 11.6 Å². The van der Waals surface area contributed by atoms with Crippen LogP contribution in [0, 0.1) is 0 Å². The first-order chi connectivity index (χ1) is 5.70. The molecule has 0 saturated carbocycles. The Morgan fingerprint density at radius 1 is 1.33 bits per heavy atom. The maximum absolute atomic E-state index is 11.7. The van der Waals surface area contributed by atoms with Crippen LogP contribution in [0.1, 0.15) is 0 Å². The lowest BCUT2D eigenvalue weighted by atomic mass is 10.3. The van der Waals surface area contributed by atoms with Crippen molar-refractivity contribution in [3.63, 3.8) is 0 Å². The Labute approximate surface area is 73.9 Å². The average Bonchev–Trinajstić information content (AvgIpc) is 2.03. The van der Waals surface area contributed by atoms with Gasteiger partial charge in [-0.25, -0.2) is 8.78 Å². The van der Waals surface area contributed by atoms with Crippen LogP contribution in [0.2, 0.25) is 5.02 Å². The summed E-state index contributed by atoms with van der Waals surface area (Å²) in [7, 11) is 0. The molecular weight excluding hydrogens is 186 g/mol. The lowest BCUT2D eigenvalue weighted by Crippen LogP contribution is -2.06. The van der Waals surface area contributed by atoms with E-state index in [-0.39, 0.29) is 0 Å². The van der Waals surface area contributed by atoms with Gasteiger partial charge in [-0.1, -0.05) is 23.7 Å². The smallest absolute Gasteiger partial charge is 0.272 e. The molecule has 0 radical (unpaired) electrons. The molecule has 0 heterocycles. The van der Waals surface area contributed by atoms with E-state index < -0.39 is 13.0 Å². The number of alkyl halides is 2. The van der Waals surface area contributed by atoms with Gasteiger partial charge in [0.1, 0.15) is 12.4 Å². The van der Waals surface area contributed by atoms with Gasteiger partial charge >= 0.3 is 0 Å². The molecule has 1 aromatic rings. The van der Waals surface area contributed by atoms with Crippen LogP contribution in [0.25, 0.3) is 0 Å². The Bertz CT molecular complexity index is 253. The van der Waals surface area contributed by atoms with Gasteiger partial charge in [-0.15, -0.1) is 0 Å². The summed E-state index contributed by atoms with van der Waals surface area (Å²) in [6.45, 7) is -0.621. The van der Waals surface area contributed by atoms with E-state index in [1.807, 2.05) is 0 Å². The van der Waals surface area contributed by atoms with E-state index in [0.29, 0.717) is 10.8 Å². The minimum Gasteiger partial charge on any atom is -0.486 e. The van der Waals surface area contributed by atoms with Crippen molar-refractivity contribution in [3.05, 3.63) is 29.3 Å². The predicted molar refractivity (Wildman–Crippen MR) is 43.0 cm³/mol. The second-order valence-corrected chi connectivity index (χ2v) is 2.54. The highest BCUT2D eigenvalue weighted by Gasteiger charge is 2.05. The highest BCUT2D eigenvalue weighted by molar-refractivity contribution is 6.32. The molecule has 1 rings (SSSR count). The molecule has 0 N–H and O–H groups in total. The molecule has 1 aromatic carbocycles. The summed E-state index contributed by atoms with van der Waals surface area (Å²) in [6, 6.07) is 6.51. The van der Waals surface area contributed by atoms with Crippen LogP contribution in [-0.2, 0) is 0 Å². The van der Waals surface area contributed by atoms with Crippen molar-refractivity contribution in [1.29, 1.82) is 0 Å². The summed E-state index contributed by atoms with van der Waals surface area (Å²) in [5.41, 5.74) is 0. The van der Waals surface area contributed by atoms with Crippen LogP contribution in [0.3, 0.4) is 0 Å². The first-order valence-electron chi connectivity index (χ1n) is 3.35. The first-order valence-corrected chi connectivity index (χ1v) is 3.73. The van der Waals surface area contributed by atoms with E-state index in [9.17, 15) is 8.78 Å². The molecular formula is C8H7ClF2O. The third-order valence-electron chi connectivity index (χ3n) is 1.20. The van der Waals surface area contributed by atoms with E-state index >= 15 is 0 Å². The highest BCUT2D eigenvalue weighted by atomic mass is 35.5. The zero-order valence-corrected chi connectivity index (χ0v) is 6.89. The van der Waals surface area contributed by atoms with Crippen LogP contribution in [0.5, 0.6) is 5.75 Å². The standard InChI is InChI=1S/C8H7ClF2O/c9-6-3-1-2-4-7(6)12-5-8(10)11/h1-4,8H,5H2. The number of hydrogen-bond acceptors (Lipinski definition) is 1. The van der Waals surface area contributed by atoms with Crippen LogP contribution < -0.4 is 4.74 Å². The Morgan fingerprint density at radius 3 is 2.58 bits per heavy atom. The fourth-order valence-electron chi connectivity index (χ4n) is 0.715. The fourth-order valence-corrected chi connectivity index (χ4v) is 0.905. The number of ether oxygens (including phenoxy) is 1. The molecule has 0 fully saturated rings. The molecule has 0 saturated heterocycles. The summed E-state index contributed by atoms with van der Waals surface area (Å²) in [6.07, 6.45) is -2.47. The summed E-state index contributed by atoms with van der Waals surface area (Å²) < 4.78 is 28.1. The van der Waals surface area contributed by atoms with Gasteiger partial charge < -0.3 is 4.74 Å². The van der Waals surface area contributed by atoms with Gasteiger partial charge in [0.2, 0.25) is 0 Å². The number of para-hydroxylation sites is 1. The lowest BCUT2D eigenvalue weighted by Gasteiger charge is -2.05. The molecule has 4 heteroatoms. The monoisotopic (exact) mass is 192 g/mol. The molecule has 1 nitrogen and oxygen atoms in total. The van der Waals surface area contributed by atoms with Gasteiger partial charge in [0.15, 0.2) is 0 Å². The van der Waals surface area contributed by atoms with Crippen molar-refractivity contribution in [2.45, 2.75) is 6.43 Å². The minimum atomic E-state index is -2.47. The molecule has 0 unspecified atom stereocenters. The molecule has 0 aliphatic rings. The topological polar surface area (TPSA) is 9.23 Å². The van der Waals surface area contributed by atoms with Gasteiger partial charge in [0, 0.05) is 0 Å². The summed E-state index contributed by atoms with van der Waals surface area (Å²) >= 11 is 5.64. The highest BCUT2D eigenvalue weighted by Crippen LogP contribution is 2.23. The third kappa shape index (κ3) is 2.66. The Kier molecular flexibility index (Phi) is 3.29. The first kappa shape index (κ1) is 9.26. The van der Waals surface area contributed by atoms with E-state index in [1.165, 1.54) is 0 Å². The molecule has 0 atom stereocenters. The molecule has 0 aromatic heterocycles. The number of rotatable bonds is 3. The maximum atomic E-state index is 11.7. The van der Waals surface area contributed by atoms with Gasteiger partial charge in [-0.2, -0.15) is 0 Å². The molecule has 0 spiro atoms. The van der Waals surface area contributed by atoms with Crippen LogP contribution in [0.4, 0.5) is 8.78 Å². The van der Waals surface area contributed by atoms with E-state index in [4.69, 9.17) is 16.3 Å². The Balaban J connectivity index is 2.57. The molecule has 0 aliphatic carbocycles. The minimum absolute atomic E-state index is 0.291. The normalized spacial score (nSPS) is 10.3. The molecule has 12 heavy (non-hydrogen) atoms. The zero-order valence-electron chi connectivity index (χ0n) is 6.14. The molecule has 0 bridgehead atoms. The van der Waals surface area contributed by atoms with E-state index in [2.05, 4.69) is 0 Å². The Morgan fingerprint density at radius 2 is 2.00 bits per heavy atom. The van der Waals surface area contributed by atoms with Gasteiger partial charge in [-0.3, -0.25) is 0 Å². The summed E-state index contributed by atoms with van der Waals surface area (Å²) in [4.78, 5) is 0. The van der Waals surface area contributed by atoms with Crippen LogP contribution in [-0.4, -0.2) is 13.0 Å². The second-order valence-electron chi connectivity index (χ2n) is 2.13. The van der Waals surface area contributed by atoms with Gasteiger partial charge in [0.05, 0.1) is 5.02 Å². The quantitative estimate of drug-likeness (QED) is 0.716. The molecule has 66 valence electrons. The number of benzene rings is 1. The van der Waals surface area contributed by atoms with Crippen molar-refractivity contribution in [3.8, 4) is 5.75 Å². The molecule has 0 aliphatic heterocycles. The SMILES string of the molecule is FC(F)COc1ccccc1Cl. The van der Waals surface area contributed by atoms with Crippen molar-refractivity contribution in [2.75, 3.05) is 6.61 Å². The van der Waals surface area contributed by atoms with Crippen molar-refractivity contribution in [2.24, 2.45) is 0 Å². The largest absolute Gasteiger partial charge is 0.486 e. The summed E-state index contributed by atoms with van der Waals surface area (Å²) in [5.74, 6) is 0.291. The maximum Gasteiger partial charge on any atom is 0.272 e. The van der Waals surface area contributed by atoms with E-state index in [1.54, 1.807) is 24.3 Å². The number of hydrogen-bond donors (Lipinski definition) is 0. The van der Waals surface area contributed by atoms with Gasteiger partial charge in [0.25, 0.3) is 6.43 Å². The zero-order chi connectivity index (χ0) is 8.97. The van der Waals surface area contributed by atoms with E-state index in [0.717, 1.165) is 0 Å². The fraction of sp³-hybridized carbons (Fsp3) is 0.250. The lowest BCUT2D eigenvalue weighted by molar-refractivity contribution is 0.0819.